The third-order valence-electron chi connectivity index (χ3n) is 1.38. The first-order valence-electron chi connectivity index (χ1n) is 3.53. The summed E-state index contributed by atoms with van der Waals surface area (Å²) in [4.78, 5) is 0. The Hall–Kier alpha value is -1.10. The Labute approximate surface area is 72.4 Å². The van der Waals surface area contributed by atoms with E-state index in [0.29, 0.717) is 0 Å². The minimum atomic E-state index is -4.42. The highest BCUT2D eigenvalue weighted by molar-refractivity contribution is 5.15. The smallest absolute Gasteiger partial charge is 0.224 e. The van der Waals surface area contributed by atoms with Crippen molar-refractivity contribution in [2.24, 2.45) is 0 Å². The Morgan fingerprint density at radius 2 is 1.92 bits per heavy atom. The van der Waals surface area contributed by atoms with Crippen LogP contribution in [0, 0.1) is 5.82 Å². The Morgan fingerprint density at radius 3 is 2.46 bits per heavy atom. The van der Waals surface area contributed by atoms with Crippen LogP contribution in [0.4, 0.5) is 17.6 Å². The first-order chi connectivity index (χ1) is 5.97. The van der Waals surface area contributed by atoms with Crippen molar-refractivity contribution in [3.05, 3.63) is 35.6 Å². The highest BCUT2D eigenvalue weighted by Crippen LogP contribution is 2.11. The molecule has 0 amide bonds. The maximum Gasteiger partial charge on any atom is 0.457 e. The van der Waals surface area contributed by atoms with Crippen molar-refractivity contribution in [3.8, 4) is 0 Å². The molecule has 1 N–H and O–H groups in total. The monoisotopic (exact) mass is 193 g/mol. The van der Waals surface area contributed by atoms with Crippen molar-refractivity contribution < 1.29 is 17.6 Å². The summed E-state index contributed by atoms with van der Waals surface area (Å²) in [6, 6.07) is 5.01. The molecule has 1 rings (SSSR count). The highest BCUT2D eigenvalue weighted by atomic mass is 19.4. The van der Waals surface area contributed by atoms with E-state index >= 15 is 0 Å². The molecule has 0 unspecified atom stereocenters. The fourth-order valence-electron chi connectivity index (χ4n) is 0.849. The van der Waals surface area contributed by atoms with Crippen molar-refractivity contribution in [1.82, 2.24) is 5.32 Å². The van der Waals surface area contributed by atoms with Crippen molar-refractivity contribution in [2.75, 3.05) is 0 Å². The van der Waals surface area contributed by atoms with Crippen molar-refractivity contribution >= 4 is 0 Å². The molecule has 72 valence electrons. The second kappa shape index (κ2) is 3.74. The second-order valence-corrected chi connectivity index (χ2v) is 2.48. The Kier molecular flexibility index (Phi) is 2.87. The predicted octanol–water partition coefficient (Wildman–Crippen LogP) is 2.44. The zero-order valence-electron chi connectivity index (χ0n) is 6.53. The fraction of sp³-hybridized carbons (Fsp3) is 0.250. The average Bonchev–Trinajstić information content (AvgIpc) is 2.00. The van der Waals surface area contributed by atoms with Gasteiger partial charge in [-0.1, -0.05) is 12.1 Å². The van der Waals surface area contributed by atoms with Crippen LogP contribution in [0.15, 0.2) is 24.3 Å². The average molecular weight is 193 g/mol. The van der Waals surface area contributed by atoms with Gasteiger partial charge in [0.2, 0.25) is 0 Å². The summed E-state index contributed by atoms with van der Waals surface area (Å²) in [6.07, 6.45) is -4.42. The van der Waals surface area contributed by atoms with E-state index in [1.807, 2.05) is 0 Å². The second-order valence-electron chi connectivity index (χ2n) is 2.48. The van der Waals surface area contributed by atoms with Crippen LogP contribution in [0.25, 0.3) is 0 Å². The number of alkyl halides is 3. The molecule has 0 fully saturated rings. The third-order valence-corrected chi connectivity index (χ3v) is 1.38. The molecule has 0 saturated carbocycles. The van der Waals surface area contributed by atoms with Crippen LogP contribution in [0.1, 0.15) is 5.56 Å². The Bertz CT molecular complexity index is 282. The fourth-order valence-corrected chi connectivity index (χ4v) is 0.849. The van der Waals surface area contributed by atoms with Gasteiger partial charge in [-0.05, 0) is 17.7 Å². The lowest BCUT2D eigenvalue weighted by atomic mass is 10.2. The molecule has 1 aromatic rings. The van der Waals surface area contributed by atoms with E-state index in [1.54, 1.807) is 0 Å². The molecule has 0 radical (unpaired) electrons. The standard InChI is InChI=1S/C8H7F4N/c9-7-3-1-2-6(4-7)5-13-8(10,11)12/h1-4,13H,5H2. The molecule has 0 spiro atoms. The first-order valence-corrected chi connectivity index (χ1v) is 3.53. The van der Waals surface area contributed by atoms with Crippen LogP contribution in [-0.2, 0) is 6.54 Å². The minimum Gasteiger partial charge on any atom is -0.224 e. The van der Waals surface area contributed by atoms with Crippen molar-refractivity contribution in [2.45, 2.75) is 12.8 Å². The Morgan fingerprint density at radius 1 is 1.23 bits per heavy atom. The van der Waals surface area contributed by atoms with Crippen LogP contribution in [0.5, 0.6) is 0 Å². The lowest BCUT2D eigenvalue weighted by Crippen LogP contribution is -2.30. The van der Waals surface area contributed by atoms with Gasteiger partial charge in [-0.15, -0.1) is 0 Å². The Balaban J connectivity index is 2.55. The van der Waals surface area contributed by atoms with Gasteiger partial charge in [-0.2, -0.15) is 13.2 Å². The first kappa shape index (κ1) is 9.98. The molecular weight excluding hydrogens is 186 g/mol. The molecule has 0 atom stereocenters. The van der Waals surface area contributed by atoms with Gasteiger partial charge in [-0.25, -0.2) is 9.71 Å². The third kappa shape index (κ3) is 3.89. The number of hydrogen-bond donors (Lipinski definition) is 1. The van der Waals surface area contributed by atoms with Gasteiger partial charge in [0.1, 0.15) is 5.82 Å². The molecule has 13 heavy (non-hydrogen) atoms. The summed E-state index contributed by atoms with van der Waals surface area (Å²) in [5.41, 5.74) is 0.261. The van der Waals surface area contributed by atoms with Crippen LogP contribution >= 0.6 is 0 Å². The zero-order chi connectivity index (χ0) is 9.90. The molecule has 0 aliphatic carbocycles. The molecule has 1 aromatic carbocycles. The number of nitrogens with one attached hydrogen (secondary N) is 1. The van der Waals surface area contributed by atoms with Crippen molar-refractivity contribution in [1.29, 1.82) is 0 Å². The van der Waals surface area contributed by atoms with Crippen molar-refractivity contribution in [3.63, 3.8) is 0 Å². The summed E-state index contributed by atoms with van der Waals surface area (Å²) in [5.74, 6) is -0.540. The lowest BCUT2D eigenvalue weighted by molar-refractivity contribution is -0.158. The molecule has 0 aromatic heterocycles. The van der Waals surface area contributed by atoms with E-state index in [4.69, 9.17) is 0 Å². The number of benzene rings is 1. The highest BCUT2D eigenvalue weighted by Gasteiger charge is 2.25. The summed E-state index contributed by atoms with van der Waals surface area (Å²) in [5, 5.41) is 1.30. The number of rotatable bonds is 2. The van der Waals surface area contributed by atoms with Gasteiger partial charge in [0.25, 0.3) is 0 Å². The summed E-state index contributed by atoms with van der Waals surface area (Å²) in [6.45, 7) is -0.415. The molecular formula is C8H7F4N. The van der Waals surface area contributed by atoms with Gasteiger partial charge in [0, 0.05) is 6.54 Å². The van der Waals surface area contributed by atoms with Crippen LogP contribution in [0.2, 0.25) is 0 Å². The summed E-state index contributed by atoms with van der Waals surface area (Å²) < 4.78 is 47.4. The molecule has 0 bridgehead atoms. The molecule has 0 heterocycles. The maximum atomic E-state index is 12.5. The van der Waals surface area contributed by atoms with Crippen LogP contribution in [-0.4, -0.2) is 6.30 Å². The molecule has 0 saturated heterocycles. The van der Waals surface area contributed by atoms with Crippen LogP contribution in [0.3, 0.4) is 0 Å². The van der Waals surface area contributed by atoms with E-state index in [9.17, 15) is 17.6 Å². The number of halogens is 4. The predicted molar refractivity (Wildman–Crippen MR) is 39.3 cm³/mol. The van der Waals surface area contributed by atoms with Gasteiger partial charge < -0.3 is 0 Å². The van der Waals surface area contributed by atoms with E-state index in [2.05, 4.69) is 0 Å². The maximum absolute atomic E-state index is 12.5. The normalized spacial score (nSPS) is 11.7. The summed E-state index contributed by atoms with van der Waals surface area (Å²) in [7, 11) is 0. The van der Waals surface area contributed by atoms with E-state index < -0.39 is 18.7 Å². The van der Waals surface area contributed by atoms with E-state index in [1.165, 1.54) is 23.5 Å². The molecule has 0 aliphatic heterocycles. The number of hydrogen-bond acceptors (Lipinski definition) is 1. The van der Waals surface area contributed by atoms with Gasteiger partial charge in [0.15, 0.2) is 0 Å². The summed E-state index contributed by atoms with van der Waals surface area (Å²) >= 11 is 0. The topological polar surface area (TPSA) is 12.0 Å². The minimum absolute atomic E-state index is 0.261. The van der Waals surface area contributed by atoms with Crippen LogP contribution < -0.4 is 5.32 Å². The van der Waals surface area contributed by atoms with E-state index in [0.717, 1.165) is 6.07 Å². The molecule has 1 nitrogen and oxygen atoms in total. The van der Waals surface area contributed by atoms with Gasteiger partial charge >= 0.3 is 6.30 Å². The largest absolute Gasteiger partial charge is 0.457 e. The van der Waals surface area contributed by atoms with Gasteiger partial charge in [0.05, 0.1) is 0 Å². The molecule has 0 aliphatic rings. The van der Waals surface area contributed by atoms with E-state index in [-0.39, 0.29) is 5.56 Å². The van der Waals surface area contributed by atoms with Gasteiger partial charge in [-0.3, -0.25) is 0 Å². The molecule has 5 heteroatoms. The quantitative estimate of drug-likeness (QED) is 0.561. The lowest BCUT2D eigenvalue weighted by Gasteiger charge is -2.07. The SMILES string of the molecule is Fc1cccc(CNC(F)(F)F)c1. The zero-order valence-corrected chi connectivity index (χ0v) is 6.53.